The number of rotatable bonds is 2. The molecule has 2 rings (SSSR count). The van der Waals surface area contributed by atoms with Crippen LogP contribution in [0, 0.1) is 0 Å². The summed E-state index contributed by atoms with van der Waals surface area (Å²) in [5.74, 6) is 0.906. The molecule has 0 aliphatic carbocycles. The first-order valence-corrected chi connectivity index (χ1v) is 5.99. The largest absolute Gasteiger partial charge is 0.491 e. The summed E-state index contributed by atoms with van der Waals surface area (Å²) in [6, 6.07) is 5.96. The highest BCUT2D eigenvalue weighted by atomic mass is 79.9. The summed E-state index contributed by atoms with van der Waals surface area (Å²) in [4.78, 5) is 4.31. The summed E-state index contributed by atoms with van der Waals surface area (Å²) in [6.45, 7) is 4.04. The summed E-state index contributed by atoms with van der Waals surface area (Å²) >= 11 is 4.99. The highest BCUT2D eigenvalue weighted by Gasteiger charge is 2.03. The molecule has 0 radical (unpaired) electrons. The Morgan fingerprint density at radius 3 is 2.93 bits per heavy atom. The smallest absolute Gasteiger partial charge is 0.160 e. The first-order chi connectivity index (χ1) is 6.65. The van der Waals surface area contributed by atoms with Crippen molar-refractivity contribution in [2.45, 2.75) is 20.0 Å². The fourth-order valence-corrected chi connectivity index (χ4v) is 2.66. The Morgan fingerprint density at radius 2 is 2.21 bits per heavy atom. The Morgan fingerprint density at radius 1 is 1.43 bits per heavy atom. The van der Waals surface area contributed by atoms with Crippen LogP contribution in [0.5, 0.6) is 5.75 Å². The zero-order valence-electron chi connectivity index (χ0n) is 7.95. The molecule has 0 bridgehead atoms. The third-order valence-corrected chi connectivity index (χ3v) is 3.18. The topological polar surface area (TPSA) is 22.1 Å². The van der Waals surface area contributed by atoms with Crippen molar-refractivity contribution in [3.8, 4) is 5.75 Å². The number of halogens is 1. The molecule has 1 aromatic heterocycles. The van der Waals surface area contributed by atoms with E-state index in [1.165, 1.54) is 0 Å². The standard InChI is InChI=1S/C10H10BrNOS/c1-6(2)13-7-3-4-8-9(5-7)14-10(11)12-8/h3-6H,1-2H3. The molecule has 0 amide bonds. The Balaban J connectivity index is 2.40. The van der Waals surface area contributed by atoms with Gasteiger partial charge < -0.3 is 4.74 Å². The number of thiazole rings is 1. The van der Waals surface area contributed by atoms with Crippen LogP contribution in [-0.4, -0.2) is 11.1 Å². The van der Waals surface area contributed by atoms with E-state index in [9.17, 15) is 0 Å². The monoisotopic (exact) mass is 271 g/mol. The van der Waals surface area contributed by atoms with Gasteiger partial charge in [0, 0.05) is 0 Å². The van der Waals surface area contributed by atoms with Crippen molar-refractivity contribution in [1.29, 1.82) is 0 Å². The normalized spacial score (nSPS) is 11.1. The van der Waals surface area contributed by atoms with Gasteiger partial charge >= 0.3 is 0 Å². The Kier molecular flexibility index (Phi) is 2.74. The first kappa shape index (κ1) is 9.93. The molecule has 0 saturated heterocycles. The van der Waals surface area contributed by atoms with Crippen molar-refractivity contribution in [3.05, 3.63) is 22.1 Å². The molecule has 2 aromatic rings. The quantitative estimate of drug-likeness (QED) is 0.828. The molecule has 14 heavy (non-hydrogen) atoms. The van der Waals surface area contributed by atoms with E-state index in [4.69, 9.17) is 4.74 Å². The van der Waals surface area contributed by atoms with Crippen molar-refractivity contribution >= 4 is 37.5 Å². The second-order valence-electron chi connectivity index (χ2n) is 3.26. The molecular formula is C10H10BrNOS. The lowest BCUT2D eigenvalue weighted by atomic mass is 10.3. The van der Waals surface area contributed by atoms with E-state index in [2.05, 4.69) is 20.9 Å². The molecule has 0 atom stereocenters. The summed E-state index contributed by atoms with van der Waals surface area (Å²) in [7, 11) is 0. The van der Waals surface area contributed by atoms with Crippen molar-refractivity contribution in [2.24, 2.45) is 0 Å². The van der Waals surface area contributed by atoms with Gasteiger partial charge in [0.05, 0.1) is 16.3 Å². The highest BCUT2D eigenvalue weighted by Crippen LogP contribution is 2.29. The number of ether oxygens (including phenoxy) is 1. The predicted octanol–water partition coefficient (Wildman–Crippen LogP) is 3.85. The minimum atomic E-state index is 0.212. The van der Waals surface area contributed by atoms with Gasteiger partial charge in [-0.1, -0.05) is 0 Å². The zero-order valence-corrected chi connectivity index (χ0v) is 10.4. The van der Waals surface area contributed by atoms with E-state index in [1.807, 2.05) is 32.0 Å². The number of fused-ring (bicyclic) bond motifs is 1. The summed E-state index contributed by atoms with van der Waals surface area (Å²) in [5, 5.41) is 0. The van der Waals surface area contributed by atoms with Crippen LogP contribution in [-0.2, 0) is 0 Å². The van der Waals surface area contributed by atoms with Crippen molar-refractivity contribution in [3.63, 3.8) is 0 Å². The minimum absolute atomic E-state index is 0.212. The van der Waals surface area contributed by atoms with E-state index in [0.717, 1.165) is 19.9 Å². The molecule has 2 nitrogen and oxygen atoms in total. The van der Waals surface area contributed by atoms with Crippen molar-refractivity contribution in [2.75, 3.05) is 0 Å². The molecule has 0 aliphatic heterocycles. The number of nitrogens with zero attached hydrogens (tertiary/aromatic N) is 1. The first-order valence-electron chi connectivity index (χ1n) is 4.38. The van der Waals surface area contributed by atoms with Crippen LogP contribution < -0.4 is 4.74 Å². The van der Waals surface area contributed by atoms with Crippen LogP contribution in [0.4, 0.5) is 0 Å². The molecule has 74 valence electrons. The number of benzene rings is 1. The Bertz CT molecular complexity index is 452. The lowest BCUT2D eigenvalue weighted by Crippen LogP contribution is -2.04. The second-order valence-corrected chi connectivity index (χ2v) is 5.57. The third-order valence-electron chi connectivity index (χ3n) is 1.71. The molecular weight excluding hydrogens is 262 g/mol. The van der Waals surface area contributed by atoms with Crippen LogP contribution in [0.15, 0.2) is 22.1 Å². The van der Waals surface area contributed by atoms with E-state index in [1.54, 1.807) is 11.3 Å². The van der Waals surface area contributed by atoms with Gasteiger partial charge in [-0.15, -0.1) is 11.3 Å². The third kappa shape index (κ3) is 2.07. The summed E-state index contributed by atoms with van der Waals surface area (Å²) in [5.41, 5.74) is 1.01. The van der Waals surface area contributed by atoms with E-state index < -0.39 is 0 Å². The van der Waals surface area contributed by atoms with Crippen LogP contribution in [0.2, 0.25) is 0 Å². The van der Waals surface area contributed by atoms with Crippen LogP contribution in [0.3, 0.4) is 0 Å². The summed E-state index contributed by atoms with van der Waals surface area (Å²) < 4.78 is 7.65. The fraction of sp³-hybridized carbons (Fsp3) is 0.300. The average Bonchev–Trinajstić information content (AvgIpc) is 2.42. The number of hydrogen-bond acceptors (Lipinski definition) is 3. The predicted molar refractivity (Wildman–Crippen MR) is 63.1 cm³/mol. The average molecular weight is 272 g/mol. The molecule has 0 unspecified atom stereocenters. The molecule has 0 saturated carbocycles. The highest BCUT2D eigenvalue weighted by molar-refractivity contribution is 9.11. The maximum absolute atomic E-state index is 5.60. The van der Waals surface area contributed by atoms with Crippen LogP contribution in [0.25, 0.3) is 10.2 Å². The minimum Gasteiger partial charge on any atom is -0.491 e. The van der Waals surface area contributed by atoms with Gasteiger partial charge in [-0.25, -0.2) is 4.98 Å². The van der Waals surface area contributed by atoms with Crippen LogP contribution >= 0.6 is 27.3 Å². The van der Waals surface area contributed by atoms with Gasteiger partial charge in [-0.3, -0.25) is 0 Å². The van der Waals surface area contributed by atoms with Gasteiger partial charge in [-0.2, -0.15) is 0 Å². The lowest BCUT2D eigenvalue weighted by Gasteiger charge is -2.08. The van der Waals surface area contributed by atoms with Gasteiger partial charge in [0.2, 0.25) is 0 Å². The van der Waals surface area contributed by atoms with E-state index >= 15 is 0 Å². The molecule has 4 heteroatoms. The fourth-order valence-electron chi connectivity index (χ4n) is 1.22. The van der Waals surface area contributed by atoms with Gasteiger partial charge in [0.25, 0.3) is 0 Å². The maximum Gasteiger partial charge on any atom is 0.160 e. The molecule has 0 fully saturated rings. The number of hydrogen-bond donors (Lipinski definition) is 0. The van der Waals surface area contributed by atoms with E-state index in [-0.39, 0.29) is 6.10 Å². The van der Waals surface area contributed by atoms with Gasteiger partial charge in [0.1, 0.15) is 5.75 Å². The van der Waals surface area contributed by atoms with E-state index in [0.29, 0.717) is 0 Å². The van der Waals surface area contributed by atoms with Gasteiger partial charge in [-0.05, 0) is 48.0 Å². The van der Waals surface area contributed by atoms with Crippen molar-refractivity contribution < 1.29 is 4.74 Å². The molecule has 1 heterocycles. The molecule has 0 N–H and O–H groups in total. The molecule has 0 aliphatic rings. The Labute approximate surface area is 95.0 Å². The summed E-state index contributed by atoms with van der Waals surface area (Å²) in [6.07, 6.45) is 0.212. The number of aromatic nitrogens is 1. The Hall–Kier alpha value is -0.610. The zero-order chi connectivity index (χ0) is 10.1. The second kappa shape index (κ2) is 3.87. The maximum atomic E-state index is 5.60. The van der Waals surface area contributed by atoms with Crippen LogP contribution in [0.1, 0.15) is 13.8 Å². The molecule has 1 aromatic carbocycles. The lowest BCUT2D eigenvalue weighted by molar-refractivity contribution is 0.243. The SMILES string of the molecule is CC(C)Oc1ccc2nc(Br)sc2c1. The van der Waals surface area contributed by atoms with Crippen molar-refractivity contribution in [1.82, 2.24) is 4.98 Å². The molecule has 0 spiro atoms. The van der Waals surface area contributed by atoms with Gasteiger partial charge in [0.15, 0.2) is 3.92 Å².